The molecule has 0 fully saturated rings. The summed E-state index contributed by atoms with van der Waals surface area (Å²) >= 11 is 0. The zero-order chi connectivity index (χ0) is 21.5. The van der Waals surface area contributed by atoms with Crippen LogP contribution in [0.2, 0.25) is 0 Å². The molecule has 2 aliphatic rings. The highest BCUT2D eigenvalue weighted by Gasteiger charge is 2.19. The topological polar surface area (TPSA) is 8.81 Å². The van der Waals surface area contributed by atoms with Gasteiger partial charge in [-0.25, -0.2) is 0 Å². The van der Waals surface area contributed by atoms with E-state index in [1.165, 1.54) is 0 Å². The van der Waals surface area contributed by atoms with Crippen molar-refractivity contribution < 1.29 is 8.68 Å². The molecule has 2 aromatic rings. The SMILES string of the molecule is [2H]C([2H])([2H])C(=CC)c1[c-][n+](-c2cc(-c3ccccc3)ccc2C)c2n(C)cccc1-2. The molecule has 0 atom stereocenters. The molecule has 134 valence electrons. The second-order valence-electron chi connectivity index (χ2n) is 6.75. The highest BCUT2D eigenvalue weighted by molar-refractivity contribution is 5.77. The van der Waals surface area contributed by atoms with Crippen molar-refractivity contribution in [3.8, 4) is 28.2 Å². The van der Waals surface area contributed by atoms with Crippen molar-refractivity contribution in [2.75, 3.05) is 0 Å². The van der Waals surface area contributed by atoms with Crippen LogP contribution in [0.25, 0.3) is 33.8 Å². The monoisotopic (exact) mass is 355 g/mol. The molecule has 2 aromatic carbocycles. The van der Waals surface area contributed by atoms with Crippen LogP contribution in [0.5, 0.6) is 0 Å². The lowest BCUT2D eigenvalue weighted by Crippen LogP contribution is -2.34. The van der Waals surface area contributed by atoms with Gasteiger partial charge in [0, 0.05) is 4.11 Å². The maximum atomic E-state index is 7.99. The lowest BCUT2D eigenvalue weighted by Gasteiger charge is -2.14. The Bertz CT molecular complexity index is 1200. The lowest BCUT2D eigenvalue weighted by atomic mass is 10.0. The van der Waals surface area contributed by atoms with E-state index in [1.54, 1.807) is 13.0 Å². The molecule has 2 heteroatoms. The minimum Gasteiger partial charge on any atom is -0.298 e. The van der Waals surface area contributed by atoms with Crippen molar-refractivity contribution in [3.05, 3.63) is 90.3 Å². The van der Waals surface area contributed by atoms with Crippen LogP contribution in [0.3, 0.4) is 0 Å². The second kappa shape index (κ2) is 6.88. The molecular formula is C25H24N2. The number of aryl methyl sites for hydroxylation is 2. The van der Waals surface area contributed by atoms with Crippen LogP contribution in [0.15, 0.2) is 72.9 Å². The molecular weight excluding hydrogens is 328 g/mol. The average Bonchev–Trinajstić information content (AvgIpc) is 3.09. The first kappa shape index (κ1) is 14.0. The molecule has 0 aliphatic carbocycles. The Morgan fingerprint density at radius 1 is 1.07 bits per heavy atom. The summed E-state index contributed by atoms with van der Waals surface area (Å²) in [5.74, 6) is 0.907. The third-order valence-electron chi connectivity index (χ3n) is 4.97. The molecule has 0 saturated carbocycles. The fraction of sp³-hybridized carbons (Fsp3) is 0.160. The quantitative estimate of drug-likeness (QED) is 0.334. The second-order valence-corrected chi connectivity index (χ2v) is 6.75. The molecule has 0 spiro atoms. The number of hydrogen-bond donors (Lipinski definition) is 0. The zero-order valence-corrected chi connectivity index (χ0v) is 15.8. The Kier molecular flexibility index (Phi) is 3.57. The highest BCUT2D eigenvalue weighted by Crippen LogP contribution is 2.31. The van der Waals surface area contributed by atoms with Gasteiger partial charge in [-0.2, -0.15) is 0 Å². The Hall–Kier alpha value is -3.13. The van der Waals surface area contributed by atoms with Crippen molar-refractivity contribution in [2.45, 2.75) is 20.7 Å². The van der Waals surface area contributed by atoms with Crippen molar-refractivity contribution in [2.24, 2.45) is 7.05 Å². The van der Waals surface area contributed by atoms with E-state index in [0.29, 0.717) is 11.1 Å². The van der Waals surface area contributed by atoms with Crippen LogP contribution < -0.4 is 4.57 Å². The number of nitrogens with zero attached hydrogens (tertiary/aromatic N) is 2. The maximum Gasteiger partial charge on any atom is 0.196 e. The molecule has 0 radical (unpaired) electrons. The summed E-state index contributed by atoms with van der Waals surface area (Å²) in [6, 6.07) is 20.5. The Morgan fingerprint density at radius 2 is 1.89 bits per heavy atom. The number of hydrogen-bond acceptors (Lipinski definition) is 0. The largest absolute Gasteiger partial charge is 0.298 e. The van der Waals surface area contributed by atoms with Gasteiger partial charge in [0.15, 0.2) is 5.82 Å². The Balaban J connectivity index is 1.98. The number of aromatic nitrogens is 2. The van der Waals surface area contributed by atoms with E-state index in [4.69, 9.17) is 4.11 Å². The van der Waals surface area contributed by atoms with E-state index in [-0.39, 0.29) is 0 Å². The summed E-state index contributed by atoms with van der Waals surface area (Å²) in [4.78, 5) is 0. The van der Waals surface area contributed by atoms with Gasteiger partial charge < -0.3 is 0 Å². The number of fused-ring (bicyclic) bond motifs is 1. The van der Waals surface area contributed by atoms with E-state index in [9.17, 15) is 0 Å². The first-order valence-corrected chi connectivity index (χ1v) is 9.07. The van der Waals surface area contributed by atoms with Crippen molar-refractivity contribution in [3.63, 3.8) is 0 Å². The van der Waals surface area contributed by atoms with E-state index >= 15 is 0 Å². The van der Waals surface area contributed by atoms with Crippen LogP contribution >= 0.6 is 0 Å². The fourth-order valence-electron chi connectivity index (χ4n) is 3.49. The molecule has 0 unspecified atom stereocenters. The molecule has 2 nitrogen and oxygen atoms in total. The van der Waals surface area contributed by atoms with Gasteiger partial charge in [0.05, 0.1) is 25.1 Å². The fourth-order valence-corrected chi connectivity index (χ4v) is 3.49. The van der Waals surface area contributed by atoms with Crippen LogP contribution in [-0.2, 0) is 7.05 Å². The van der Waals surface area contributed by atoms with E-state index in [2.05, 4.69) is 43.5 Å². The Morgan fingerprint density at radius 3 is 2.63 bits per heavy atom. The summed E-state index contributed by atoms with van der Waals surface area (Å²) in [6.45, 7) is 1.62. The van der Waals surface area contributed by atoms with Crippen molar-refractivity contribution in [1.29, 1.82) is 0 Å². The summed E-state index contributed by atoms with van der Waals surface area (Å²) in [5.41, 5.74) is 6.12. The lowest BCUT2D eigenvalue weighted by molar-refractivity contribution is -0.589. The predicted octanol–water partition coefficient (Wildman–Crippen LogP) is 5.61. The molecule has 2 aliphatic heterocycles. The molecule has 0 N–H and O–H groups in total. The maximum absolute atomic E-state index is 7.99. The molecule has 0 aromatic heterocycles. The van der Waals surface area contributed by atoms with Crippen LogP contribution in [0, 0.1) is 13.1 Å². The summed E-state index contributed by atoms with van der Waals surface area (Å²) in [7, 11) is 1.97. The Labute approximate surface area is 165 Å². The van der Waals surface area contributed by atoms with Gasteiger partial charge in [0.25, 0.3) is 0 Å². The average molecular weight is 355 g/mol. The number of rotatable bonds is 3. The molecule has 0 amide bonds. The minimum atomic E-state index is -2.21. The van der Waals surface area contributed by atoms with Crippen LogP contribution in [0.1, 0.15) is 29.0 Å². The van der Waals surface area contributed by atoms with Gasteiger partial charge in [-0.15, -0.1) is 11.6 Å². The smallest absolute Gasteiger partial charge is 0.196 e. The van der Waals surface area contributed by atoms with E-state index < -0.39 is 6.85 Å². The highest BCUT2D eigenvalue weighted by atomic mass is 15.1. The molecule has 2 heterocycles. The summed E-state index contributed by atoms with van der Waals surface area (Å²) < 4.78 is 28.0. The first-order valence-electron chi connectivity index (χ1n) is 10.6. The summed E-state index contributed by atoms with van der Waals surface area (Å²) in [5, 5.41) is 0. The predicted molar refractivity (Wildman–Crippen MR) is 112 cm³/mol. The number of benzene rings is 2. The molecule has 4 rings (SSSR count). The van der Waals surface area contributed by atoms with Gasteiger partial charge in [0.2, 0.25) is 0 Å². The molecule has 0 bridgehead atoms. The van der Waals surface area contributed by atoms with Gasteiger partial charge in [-0.3, -0.25) is 9.13 Å². The van der Waals surface area contributed by atoms with E-state index in [0.717, 1.165) is 33.8 Å². The van der Waals surface area contributed by atoms with Gasteiger partial charge in [-0.1, -0.05) is 67.9 Å². The number of pyridine rings is 1. The van der Waals surface area contributed by atoms with E-state index in [1.807, 2.05) is 52.7 Å². The minimum absolute atomic E-state index is 0.314. The van der Waals surface area contributed by atoms with Crippen LogP contribution in [-0.4, -0.2) is 4.57 Å². The van der Waals surface area contributed by atoms with Crippen LogP contribution in [0.4, 0.5) is 0 Å². The van der Waals surface area contributed by atoms with Gasteiger partial charge in [-0.05, 0) is 41.3 Å². The van der Waals surface area contributed by atoms with Gasteiger partial charge in [0.1, 0.15) is 0 Å². The molecule has 27 heavy (non-hydrogen) atoms. The van der Waals surface area contributed by atoms with Gasteiger partial charge >= 0.3 is 0 Å². The third-order valence-corrected chi connectivity index (χ3v) is 4.97. The summed E-state index contributed by atoms with van der Waals surface area (Å²) in [6.07, 6.45) is 7.03. The zero-order valence-electron chi connectivity index (χ0n) is 18.8. The normalized spacial score (nSPS) is 14.0. The molecule has 0 saturated heterocycles. The van der Waals surface area contributed by atoms with Crippen molar-refractivity contribution >= 4 is 5.57 Å². The first-order chi connectivity index (χ1) is 14.3. The standard InChI is InChI=1S/C25H24N2/c1-5-18(2)23-17-27(25-22(23)12-9-15-26(25)4)24-16-21(14-13-19(24)3)20-10-7-6-8-11-20/h5-16H,1-4H3/i2D3. The third kappa shape index (κ3) is 2.97. The van der Waals surface area contributed by atoms with Crippen molar-refractivity contribution in [1.82, 2.24) is 4.57 Å². The number of allylic oxidation sites excluding steroid dienone is 2.